The van der Waals surface area contributed by atoms with Crippen molar-refractivity contribution in [2.45, 2.75) is 44.6 Å². The molecule has 0 aliphatic heterocycles. The zero-order valence-electron chi connectivity index (χ0n) is 9.79. The first-order chi connectivity index (χ1) is 7.73. The molecule has 0 aromatic heterocycles. The Balaban J connectivity index is 2.23. The second-order valence-electron chi connectivity index (χ2n) is 4.50. The van der Waals surface area contributed by atoms with Crippen molar-refractivity contribution in [1.82, 2.24) is 0 Å². The summed E-state index contributed by atoms with van der Waals surface area (Å²) >= 11 is 0. The summed E-state index contributed by atoms with van der Waals surface area (Å²) in [5.41, 5.74) is 1.60. The highest BCUT2D eigenvalue weighted by Crippen LogP contribution is 2.28. The van der Waals surface area contributed by atoms with Gasteiger partial charge in [0.25, 0.3) is 0 Å². The molecule has 1 aliphatic carbocycles. The second kappa shape index (κ2) is 4.72. The van der Waals surface area contributed by atoms with Gasteiger partial charge in [0.1, 0.15) is 5.60 Å². The molecule has 0 spiro atoms. The first-order valence-electron chi connectivity index (χ1n) is 6.07. The molecule has 1 heteroatoms. The predicted molar refractivity (Wildman–Crippen MR) is 66.1 cm³/mol. The Labute approximate surface area is 97.5 Å². The van der Waals surface area contributed by atoms with Crippen LogP contribution in [-0.4, -0.2) is 10.7 Å². The molecule has 2 rings (SSSR count). The fraction of sp³-hybridized carbons (Fsp3) is 0.467. The summed E-state index contributed by atoms with van der Waals surface area (Å²) in [6.07, 6.45) is 4.84. The molecule has 1 nitrogen and oxygen atoms in total. The highest BCUT2D eigenvalue weighted by atomic mass is 16.3. The van der Waals surface area contributed by atoms with Crippen molar-refractivity contribution in [2.24, 2.45) is 0 Å². The van der Waals surface area contributed by atoms with Crippen molar-refractivity contribution in [2.75, 3.05) is 0 Å². The average molecular weight is 214 g/mol. The molecule has 1 saturated carbocycles. The van der Waals surface area contributed by atoms with Crippen LogP contribution in [0.4, 0.5) is 0 Å². The maximum atomic E-state index is 10.1. The van der Waals surface area contributed by atoms with Crippen molar-refractivity contribution in [3.63, 3.8) is 0 Å². The van der Waals surface area contributed by atoms with E-state index in [1.807, 2.05) is 18.2 Å². The summed E-state index contributed by atoms with van der Waals surface area (Å²) in [7, 11) is 0. The van der Waals surface area contributed by atoms with Crippen LogP contribution < -0.4 is 0 Å². The minimum atomic E-state index is -0.721. The van der Waals surface area contributed by atoms with Gasteiger partial charge in [0, 0.05) is 5.56 Å². The van der Waals surface area contributed by atoms with Gasteiger partial charge in [-0.05, 0) is 43.7 Å². The first-order valence-corrected chi connectivity index (χ1v) is 6.07. The maximum absolute atomic E-state index is 10.1. The van der Waals surface area contributed by atoms with E-state index < -0.39 is 5.60 Å². The van der Waals surface area contributed by atoms with Gasteiger partial charge < -0.3 is 5.11 Å². The molecule has 84 valence electrons. The Morgan fingerprint density at radius 3 is 2.62 bits per heavy atom. The van der Waals surface area contributed by atoms with Crippen LogP contribution in [0.5, 0.6) is 0 Å². The van der Waals surface area contributed by atoms with Gasteiger partial charge in [-0.25, -0.2) is 0 Å². The lowest BCUT2D eigenvalue weighted by Gasteiger charge is -2.13. The molecule has 0 heterocycles. The van der Waals surface area contributed by atoms with Crippen LogP contribution in [0.25, 0.3) is 0 Å². The van der Waals surface area contributed by atoms with E-state index in [0.29, 0.717) is 0 Å². The van der Waals surface area contributed by atoms with Crippen LogP contribution in [0.2, 0.25) is 0 Å². The van der Waals surface area contributed by atoms with Crippen LogP contribution in [0.1, 0.15) is 43.7 Å². The van der Waals surface area contributed by atoms with Crippen LogP contribution in [0.15, 0.2) is 24.3 Å². The molecule has 0 amide bonds. The van der Waals surface area contributed by atoms with E-state index in [1.54, 1.807) is 0 Å². The minimum Gasteiger partial charge on any atom is -0.378 e. The molecule has 0 atom stereocenters. The number of rotatable bonds is 1. The molecule has 1 aromatic carbocycles. The Hall–Kier alpha value is -1.26. The Morgan fingerprint density at radius 2 is 1.94 bits per heavy atom. The van der Waals surface area contributed by atoms with E-state index >= 15 is 0 Å². The van der Waals surface area contributed by atoms with Gasteiger partial charge in [-0.2, -0.15) is 0 Å². The summed E-state index contributed by atoms with van der Waals surface area (Å²) in [6, 6.07) is 8.17. The fourth-order valence-corrected chi connectivity index (χ4v) is 2.22. The van der Waals surface area contributed by atoms with Gasteiger partial charge in [0.05, 0.1) is 0 Å². The standard InChI is InChI=1S/C15H18O/c1-2-13-7-3-4-8-14(13)9-12-15(16)10-5-6-11-15/h3-4,7-8,16H,2,5-6,10-11H2,1H3. The summed E-state index contributed by atoms with van der Waals surface area (Å²) in [5, 5.41) is 10.1. The van der Waals surface area contributed by atoms with Crippen molar-refractivity contribution in [3.05, 3.63) is 35.4 Å². The van der Waals surface area contributed by atoms with Crippen LogP contribution in [0.3, 0.4) is 0 Å². The monoisotopic (exact) mass is 214 g/mol. The molecule has 1 fully saturated rings. The smallest absolute Gasteiger partial charge is 0.125 e. The quantitative estimate of drug-likeness (QED) is 0.713. The van der Waals surface area contributed by atoms with E-state index in [1.165, 1.54) is 5.56 Å². The summed E-state index contributed by atoms with van der Waals surface area (Å²) < 4.78 is 0. The van der Waals surface area contributed by atoms with E-state index in [0.717, 1.165) is 37.7 Å². The lowest BCUT2D eigenvalue weighted by atomic mass is 10.0. The van der Waals surface area contributed by atoms with Gasteiger partial charge >= 0.3 is 0 Å². The molecule has 1 aromatic rings. The molecule has 0 bridgehead atoms. The third-order valence-electron chi connectivity index (χ3n) is 3.26. The molecule has 0 saturated heterocycles. The molecule has 16 heavy (non-hydrogen) atoms. The predicted octanol–water partition coefficient (Wildman–Crippen LogP) is 2.91. The van der Waals surface area contributed by atoms with Gasteiger partial charge in [-0.15, -0.1) is 0 Å². The molecule has 0 unspecified atom stereocenters. The molecular formula is C15H18O. The zero-order chi connectivity index (χ0) is 11.4. The number of aliphatic hydroxyl groups is 1. The maximum Gasteiger partial charge on any atom is 0.125 e. The Kier molecular flexibility index (Phi) is 3.31. The minimum absolute atomic E-state index is 0.721. The molecular weight excluding hydrogens is 196 g/mol. The van der Waals surface area contributed by atoms with E-state index in [2.05, 4.69) is 24.8 Å². The third-order valence-corrected chi connectivity index (χ3v) is 3.26. The van der Waals surface area contributed by atoms with Crippen molar-refractivity contribution < 1.29 is 5.11 Å². The van der Waals surface area contributed by atoms with Crippen LogP contribution in [-0.2, 0) is 6.42 Å². The lowest BCUT2D eigenvalue weighted by Crippen LogP contribution is -2.20. The SMILES string of the molecule is CCc1ccccc1C#CC1(O)CCCC1. The van der Waals surface area contributed by atoms with Gasteiger partial charge in [-0.3, -0.25) is 0 Å². The van der Waals surface area contributed by atoms with Gasteiger partial charge in [0.15, 0.2) is 0 Å². The highest BCUT2D eigenvalue weighted by molar-refractivity contribution is 5.42. The second-order valence-corrected chi connectivity index (χ2v) is 4.50. The summed E-state index contributed by atoms with van der Waals surface area (Å²) in [6.45, 7) is 2.13. The van der Waals surface area contributed by atoms with Gasteiger partial charge in [0.2, 0.25) is 0 Å². The highest BCUT2D eigenvalue weighted by Gasteiger charge is 2.28. The molecule has 0 radical (unpaired) electrons. The Bertz CT molecular complexity index is 417. The van der Waals surface area contributed by atoms with Crippen molar-refractivity contribution in [1.29, 1.82) is 0 Å². The normalized spacial score (nSPS) is 17.9. The number of benzene rings is 1. The van der Waals surface area contributed by atoms with E-state index in [4.69, 9.17) is 0 Å². The zero-order valence-corrected chi connectivity index (χ0v) is 9.79. The average Bonchev–Trinajstić information content (AvgIpc) is 2.74. The Morgan fingerprint density at radius 1 is 1.25 bits per heavy atom. The molecule has 1 aliphatic rings. The largest absolute Gasteiger partial charge is 0.378 e. The third kappa shape index (κ3) is 2.46. The van der Waals surface area contributed by atoms with Crippen molar-refractivity contribution in [3.8, 4) is 11.8 Å². The number of hydrogen-bond acceptors (Lipinski definition) is 1. The molecule has 1 N–H and O–H groups in total. The van der Waals surface area contributed by atoms with Crippen molar-refractivity contribution >= 4 is 0 Å². The number of aryl methyl sites for hydroxylation is 1. The number of hydrogen-bond donors (Lipinski definition) is 1. The topological polar surface area (TPSA) is 20.2 Å². The summed E-state index contributed by atoms with van der Waals surface area (Å²) in [4.78, 5) is 0. The van der Waals surface area contributed by atoms with E-state index in [-0.39, 0.29) is 0 Å². The summed E-state index contributed by atoms with van der Waals surface area (Å²) in [5.74, 6) is 6.20. The van der Waals surface area contributed by atoms with Crippen LogP contribution >= 0.6 is 0 Å². The van der Waals surface area contributed by atoms with Crippen LogP contribution in [0, 0.1) is 11.8 Å². The lowest BCUT2D eigenvalue weighted by molar-refractivity contribution is 0.110. The first kappa shape index (κ1) is 11.2. The fourth-order valence-electron chi connectivity index (χ4n) is 2.22. The van der Waals surface area contributed by atoms with E-state index in [9.17, 15) is 5.11 Å². The van der Waals surface area contributed by atoms with Gasteiger partial charge in [-0.1, -0.05) is 37.0 Å².